The molecule has 37 heavy (non-hydrogen) atoms. The van der Waals surface area contributed by atoms with Gasteiger partial charge in [0, 0.05) is 0 Å². The average Bonchev–Trinajstić information content (AvgIpc) is 2.92. The van der Waals surface area contributed by atoms with Gasteiger partial charge in [-0.1, -0.05) is 0 Å². The maximum absolute atomic E-state index is 5.47. The molecule has 0 radical (unpaired) electrons. The van der Waals surface area contributed by atoms with Crippen LogP contribution >= 0.6 is 0 Å². The highest BCUT2D eigenvalue weighted by Gasteiger charge is 1.97. The minimum atomic E-state index is 0.242. The summed E-state index contributed by atoms with van der Waals surface area (Å²) in [6.07, 6.45) is 4.96. The van der Waals surface area contributed by atoms with Gasteiger partial charge < -0.3 is 14.2 Å². The summed E-state index contributed by atoms with van der Waals surface area (Å²) < 4.78 is 16.4. The Bertz CT molecular complexity index is 1120. The fourth-order valence-electron chi connectivity index (χ4n) is 3.01. The maximum Gasteiger partial charge on any atom is 0.257 e. The Kier molecular flexibility index (Phi) is 11.2. The molecule has 0 saturated heterocycles. The van der Waals surface area contributed by atoms with Gasteiger partial charge >= 0.3 is 0 Å². The zero-order chi connectivity index (χ0) is 26.1. The molecule has 3 aromatic carbocycles. The molecule has 0 aliphatic rings. The molecule has 3 aromatic rings. The number of guanidine groups is 1. The summed E-state index contributed by atoms with van der Waals surface area (Å²) in [6, 6.07) is 22.8. The number of rotatable bonds is 12. The van der Waals surface area contributed by atoms with Crippen molar-refractivity contribution in [2.75, 3.05) is 19.8 Å². The Balaban J connectivity index is 1.67. The van der Waals surface area contributed by atoms with Gasteiger partial charge in [-0.2, -0.15) is 15.3 Å². The van der Waals surface area contributed by atoms with Crippen molar-refractivity contribution in [2.24, 2.45) is 20.4 Å². The molecule has 2 N–H and O–H groups in total. The van der Waals surface area contributed by atoms with Crippen LogP contribution in [0.2, 0.25) is 0 Å². The van der Waals surface area contributed by atoms with E-state index in [1.807, 2.05) is 93.6 Å². The van der Waals surface area contributed by atoms with Crippen molar-refractivity contribution in [1.82, 2.24) is 10.9 Å². The van der Waals surface area contributed by atoms with Crippen molar-refractivity contribution in [2.45, 2.75) is 20.8 Å². The third-order valence-corrected chi connectivity index (χ3v) is 4.71. The van der Waals surface area contributed by atoms with Crippen molar-refractivity contribution >= 4 is 24.6 Å². The number of ether oxygens (including phenoxy) is 3. The molecule has 0 fully saturated rings. The molecule has 0 unspecified atom stereocenters. The van der Waals surface area contributed by atoms with E-state index in [1.165, 1.54) is 0 Å². The lowest BCUT2D eigenvalue weighted by atomic mass is 10.2. The molecule has 0 atom stereocenters. The lowest BCUT2D eigenvalue weighted by Gasteiger charge is -2.04. The molecular formula is C28H32N6O3. The molecule has 192 valence electrons. The summed E-state index contributed by atoms with van der Waals surface area (Å²) in [7, 11) is 0. The molecule has 3 rings (SSSR count). The van der Waals surface area contributed by atoms with Crippen LogP contribution in [-0.4, -0.2) is 44.4 Å². The van der Waals surface area contributed by atoms with Crippen molar-refractivity contribution in [3.8, 4) is 17.2 Å². The Labute approximate surface area is 217 Å². The molecule has 0 heterocycles. The first kappa shape index (κ1) is 26.9. The van der Waals surface area contributed by atoms with Crippen molar-refractivity contribution in [3.05, 3.63) is 89.5 Å². The lowest BCUT2D eigenvalue weighted by Crippen LogP contribution is -2.30. The Morgan fingerprint density at radius 3 is 1.27 bits per heavy atom. The molecule has 9 nitrogen and oxygen atoms in total. The average molecular weight is 501 g/mol. The number of hydrogen-bond donors (Lipinski definition) is 2. The second kappa shape index (κ2) is 15.4. The third kappa shape index (κ3) is 9.85. The first-order chi connectivity index (χ1) is 18.2. The quantitative estimate of drug-likeness (QED) is 0.211. The predicted molar refractivity (Wildman–Crippen MR) is 149 cm³/mol. The number of nitrogens with zero attached hydrogens (tertiary/aromatic N) is 4. The minimum absolute atomic E-state index is 0.242. The zero-order valence-corrected chi connectivity index (χ0v) is 21.3. The van der Waals surface area contributed by atoms with Gasteiger partial charge in [-0.05, 0) is 110 Å². The monoisotopic (exact) mass is 500 g/mol. The number of nitrogens with one attached hydrogen (secondary N) is 2. The van der Waals surface area contributed by atoms with Crippen LogP contribution in [0.3, 0.4) is 0 Å². The normalized spacial score (nSPS) is 11.1. The summed E-state index contributed by atoms with van der Waals surface area (Å²) in [6.45, 7) is 7.70. The molecule has 0 bridgehead atoms. The number of hydrazone groups is 2. The van der Waals surface area contributed by atoms with E-state index in [0.717, 1.165) is 33.9 Å². The van der Waals surface area contributed by atoms with E-state index in [9.17, 15) is 0 Å². The van der Waals surface area contributed by atoms with E-state index < -0.39 is 0 Å². The van der Waals surface area contributed by atoms with Crippen LogP contribution in [0.1, 0.15) is 37.5 Å². The lowest BCUT2D eigenvalue weighted by molar-refractivity contribution is 0.340. The first-order valence-corrected chi connectivity index (χ1v) is 12.1. The van der Waals surface area contributed by atoms with Crippen LogP contribution in [0, 0.1) is 0 Å². The fourth-order valence-corrected chi connectivity index (χ4v) is 3.01. The Morgan fingerprint density at radius 1 is 0.568 bits per heavy atom. The second-order valence-electron chi connectivity index (χ2n) is 7.44. The van der Waals surface area contributed by atoms with E-state index in [2.05, 4.69) is 31.3 Å². The van der Waals surface area contributed by atoms with Gasteiger partial charge in [-0.15, -0.1) is 5.10 Å². The van der Waals surface area contributed by atoms with E-state index >= 15 is 0 Å². The van der Waals surface area contributed by atoms with Crippen LogP contribution in [-0.2, 0) is 0 Å². The molecule has 9 heteroatoms. The van der Waals surface area contributed by atoms with Crippen molar-refractivity contribution in [3.63, 3.8) is 0 Å². The molecule has 0 aliphatic carbocycles. The fraction of sp³-hybridized carbons (Fsp3) is 0.214. The van der Waals surface area contributed by atoms with Crippen LogP contribution in [0.25, 0.3) is 0 Å². The van der Waals surface area contributed by atoms with E-state index in [-0.39, 0.29) is 5.96 Å². The Hall–Kier alpha value is -4.66. The second-order valence-corrected chi connectivity index (χ2v) is 7.44. The summed E-state index contributed by atoms with van der Waals surface area (Å²) in [5, 5.41) is 16.8. The molecule has 0 aliphatic heterocycles. The van der Waals surface area contributed by atoms with Gasteiger partial charge in [0.15, 0.2) is 0 Å². The highest BCUT2D eigenvalue weighted by Crippen LogP contribution is 2.12. The number of benzene rings is 3. The third-order valence-electron chi connectivity index (χ3n) is 4.71. The zero-order valence-electron chi connectivity index (χ0n) is 21.3. The van der Waals surface area contributed by atoms with Gasteiger partial charge in [0.05, 0.1) is 38.5 Å². The van der Waals surface area contributed by atoms with E-state index in [4.69, 9.17) is 14.2 Å². The number of hydrogen-bond acceptors (Lipinski definition) is 7. The predicted octanol–water partition coefficient (Wildman–Crippen LogP) is 4.82. The molecule has 0 amide bonds. The van der Waals surface area contributed by atoms with Gasteiger partial charge in [0.25, 0.3) is 5.96 Å². The van der Waals surface area contributed by atoms with Crippen LogP contribution in [0.5, 0.6) is 17.2 Å². The summed E-state index contributed by atoms with van der Waals surface area (Å²) >= 11 is 0. The van der Waals surface area contributed by atoms with Crippen LogP contribution in [0.4, 0.5) is 0 Å². The highest BCUT2D eigenvalue weighted by molar-refractivity contribution is 5.86. The van der Waals surface area contributed by atoms with Gasteiger partial charge in [-0.25, -0.2) is 10.9 Å². The molecule has 0 saturated carbocycles. The topological polar surface area (TPSA) is 101 Å². The summed E-state index contributed by atoms with van der Waals surface area (Å²) in [4.78, 5) is 0. The van der Waals surface area contributed by atoms with E-state index in [1.54, 1.807) is 18.6 Å². The molecule has 0 aromatic heterocycles. The SMILES string of the molecule is CCOc1ccc(C=NN=C(NN=Cc2ccc(OCC)cc2)NN=Cc2ccc(OCC)cc2)cc1. The summed E-state index contributed by atoms with van der Waals surface area (Å²) in [5.74, 6) is 2.67. The van der Waals surface area contributed by atoms with E-state index in [0.29, 0.717) is 19.8 Å². The van der Waals surface area contributed by atoms with Gasteiger partial charge in [0.2, 0.25) is 0 Å². The Morgan fingerprint density at radius 2 is 0.919 bits per heavy atom. The van der Waals surface area contributed by atoms with Crippen molar-refractivity contribution < 1.29 is 14.2 Å². The van der Waals surface area contributed by atoms with Gasteiger partial charge in [-0.3, -0.25) is 0 Å². The minimum Gasteiger partial charge on any atom is -0.494 e. The van der Waals surface area contributed by atoms with Gasteiger partial charge in [0.1, 0.15) is 17.2 Å². The first-order valence-electron chi connectivity index (χ1n) is 12.1. The largest absolute Gasteiger partial charge is 0.494 e. The van der Waals surface area contributed by atoms with Crippen LogP contribution < -0.4 is 25.1 Å². The molecular weight excluding hydrogens is 468 g/mol. The maximum atomic E-state index is 5.47. The van der Waals surface area contributed by atoms with Crippen molar-refractivity contribution in [1.29, 1.82) is 0 Å². The smallest absolute Gasteiger partial charge is 0.257 e. The highest BCUT2D eigenvalue weighted by atomic mass is 16.5. The molecule has 0 spiro atoms. The van der Waals surface area contributed by atoms with Crippen LogP contribution in [0.15, 0.2) is 93.2 Å². The summed E-state index contributed by atoms with van der Waals surface area (Å²) in [5.41, 5.74) is 8.35. The standard InChI is InChI=1S/C28H32N6O3/c1-4-35-25-13-7-22(8-14-25)19-29-32-28(33-30-20-23-9-15-26(16-10-23)36-5-2)34-31-21-24-11-17-27(18-12-24)37-6-3/h7-21H,4-6H2,1-3H3,(H2,32,33,34).